The molecular weight excluding hydrogens is 479 g/mol. The van der Waals surface area contributed by atoms with Crippen LogP contribution in [0.25, 0.3) is 0 Å². The van der Waals surface area contributed by atoms with E-state index in [4.69, 9.17) is 9.84 Å². The Hall–Kier alpha value is -2.45. The lowest BCUT2D eigenvalue weighted by Gasteiger charge is -2.42. The quantitative estimate of drug-likeness (QED) is 0.542. The molecule has 2 aromatic carbocycles. The van der Waals surface area contributed by atoms with Crippen molar-refractivity contribution in [3.63, 3.8) is 0 Å². The fraction of sp³-hybridized carbons (Fsp3) is 0.417. The van der Waals surface area contributed by atoms with Crippen molar-refractivity contribution in [3.05, 3.63) is 63.9 Å². The lowest BCUT2D eigenvalue weighted by Crippen LogP contribution is -2.48. The third-order valence-corrected chi connectivity index (χ3v) is 6.43. The Morgan fingerprint density at radius 2 is 1.88 bits per heavy atom. The Kier molecular flexibility index (Phi) is 8.26. The normalized spacial score (nSPS) is 15.4. The van der Waals surface area contributed by atoms with E-state index in [9.17, 15) is 14.0 Å². The highest BCUT2D eigenvalue weighted by Crippen LogP contribution is 2.35. The van der Waals surface area contributed by atoms with E-state index in [2.05, 4.69) is 21.2 Å². The maximum Gasteiger partial charge on any atom is 0.307 e. The fourth-order valence-electron chi connectivity index (χ4n) is 4.28. The zero-order chi connectivity index (χ0) is 23.1. The lowest BCUT2D eigenvalue weighted by molar-refractivity contribution is -0.136. The summed E-state index contributed by atoms with van der Waals surface area (Å²) in [5.74, 6) is -0.915. The number of benzene rings is 2. The number of carbonyl (C=O) groups excluding carboxylic acids is 1. The van der Waals surface area contributed by atoms with E-state index in [1.54, 1.807) is 23.1 Å². The molecule has 1 saturated heterocycles. The summed E-state index contributed by atoms with van der Waals surface area (Å²) < 4.78 is 19.7. The van der Waals surface area contributed by atoms with Crippen molar-refractivity contribution in [2.45, 2.75) is 25.7 Å². The molecule has 2 N–H and O–H groups in total. The summed E-state index contributed by atoms with van der Waals surface area (Å²) in [5.41, 5.74) is 1.61. The third kappa shape index (κ3) is 6.53. The second-order valence-corrected chi connectivity index (χ2v) is 9.24. The number of carbonyl (C=O) groups is 2. The summed E-state index contributed by atoms with van der Waals surface area (Å²) >= 11 is 3.33. The topological polar surface area (TPSA) is 78.9 Å². The Balaban J connectivity index is 1.58. The average Bonchev–Trinajstić information content (AvgIpc) is 2.75. The van der Waals surface area contributed by atoms with Crippen molar-refractivity contribution in [1.82, 2.24) is 10.2 Å². The molecule has 0 spiro atoms. The number of amides is 1. The number of likely N-dealkylation sites (tertiary alicyclic amines) is 1. The molecule has 172 valence electrons. The standard InChI is InChI=1S/C24H28BrFN2O4/c1-27-16-24(14-17-2-5-20(26)6-3-17)8-10-28(11-9-24)22(29)15-32-21-7-4-19(25)12-18(21)13-23(30)31/h2-7,12,27H,8-11,13-16H2,1H3,(H,30,31). The number of carboxylic acid groups (broad SMARTS) is 1. The molecule has 1 amide bonds. The number of aliphatic carboxylic acids is 1. The van der Waals surface area contributed by atoms with Crippen molar-refractivity contribution in [2.24, 2.45) is 5.41 Å². The zero-order valence-corrected chi connectivity index (χ0v) is 19.7. The summed E-state index contributed by atoms with van der Waals surface area (Å²) in [6.07, 6.45) is 2.31. The van der Waals surface area contributed by atoms with Crippen molar-refractivity contribution in [2.75, 3.05) is 33.3 Å². The van der Waals surface area contributed by atoms with E-state index in [0.717, 1.165) is 35.8 Å². The zero-order valence-electron chi connectivity index (χ0n) is 18.1. The average molecular weight is 507 g/mol. The van der Waals surface area contributed by atoms with Crippen molar-refractivity contribution < 1.29 is 23.8 Å². The summed E-state index contributed by atoms with van der Waals surface area (Å²) in [6, 6.07) is 11.7. The second kappa shape index (κ2) is 10.9. The monoisotopic (exact) mass is 506 g/mol. The number of carboxylic acids is 1. The number of piperidine rings is 1. The van der Waals surface area contributed by atoms with Crippen LogP contribution < -0.4 is 10.1 Å². The Bertz CT molecular complexity index is 944. The second-order valence-electron chi connectivity index (χ2n) is 8.33. The molecule has 0 saturated carbocycles. The van der Waals surface area contributed by atoms with Crippen LogP contribution in [0.3, 0.4) is 0 Å². The molecule has 0 aliphatic carbocycles. The van der Waals surface area contributed by atoms with Gasteiger partial charge >= 0.3 is 5.97 Å². The molecule has 0 aromatic heterocycles. The minimum Gasteiger partial charge on any atom is -0.483 e. The molecular formula is C24H28BrFN2O4. The van der Waals surface area contributed by atoms with Gasteiger partial charge in [0, 0.05) is 29.7 Å². The minimum absolute atomic E-state index is 0.00454. The Morgan fingerprint density at radius 3 is 2.50 bits per heavy atom. The third-order valence-electron chi connectivity index (χ3n) is 5.94. The van der Waals surface area contributed by atoms with Gasteiger partial charge in [-0.2, -0.15) is 0 Å². The van der Waals surface area contributed by atoms with Crippen LogP contribution in [-0.4, -0.2) is 55.2 Å². The van der Waals surface area contributed by atoms with Gasteiger partial charge in [-0.25, -0.2) is 4.39 Å². The van der Waals surface area contributed by atoms with Crippen LogP contribution in [0.2, 0.25) is 0 Å². The van der Waals surface area contributed by atoms with E-state index in [0.29, 0.717) is 24.4 Å². The van der Waals surface area contributed by atoms with E-state index in [-0.39, 0.29) is 30.2 Å². The molecule has 3 rings (SSSR count). The molecule has 6 nitrogen and oxygen atoms in total. The number of nitrogens with zero attached hydrogens (tertiary/aromatic N) is 1. The minimum atomic E-state index is -0.961. The van der Waals surface area contributed by atoms with Crippen molar-refractivity contribution in [1.29, 1.82) is 0 Å². The number of hydrogen-bond acceptors (Lipinski definition) is 4. The van der Waals surface area contributed by atoms with Gasteiger partial charge in [0.2, 0.25) is 0 Å². The van der Waals surface area contributed by atoms with Gasteiger partial charge in [0.25, 0.3) is 5.91 Å². The molecule has 1 fully saturated rings. The SMILES string of the molecule is CNCC1(Cc2ccc(F)cc2)CCN(C(=O)COc2ccc(Br)cc2CC(=O)O)CC1. The van der Waals surface area contributed by atoms with Gasteiger partial charge in [0.05, 0.1) is 6.42 Å². The summed E-state index contributed by atoms with van der Waals surface area (Å²) in [7, 11) is 1.92. The van der Waals surface area contributed by atoms with E-state index >= 15 is 0 Å². The van der Waals surface area contributed by atoms with Crippen LogP contribution in [0.15, 0.2) is 46.9 Å². The maximum absolute atomic E-state index is 13.3. The molecule has 8 heteroatoms. The molecule has 0 radical (unpaired) electrons. The van der Waals surface area contributed by atoms with Gasteiger partial charge < -0.3 is 20.1 Å². The van der Waals surface area contributed by atoms with Gasteiger partial charge in [0.15, 0.2) is 6.61 Å². The number of rotatable bonds is 9. The molecule has 1 aliphatic heterocycles. The number of nitrogens with one attached hydrogen (secondary N) is 1. The van der Waals surface area contributed by atoms with Gasteiger partial charge in [-0.15, -0.1) is 0 Å². The van der Waals surface area contributed by atoms with E-state index in [1.807, 2.05) is 19.2 Å². The molecule has 0 atom stereocenters. The van der Waals surface area contributed by atoms with Gasteiger partial charge in [-0.1, -0.05) is 28.1 Å². The molecule has 2 aromatic rings. The first-order chi connectivity index (χ1) is 15.3. The highest BCUT2D eigenvalue weighted by Gasteiger charge is 2.35. The first-order valence-electron chi connectivity index (χ1n) is 10.6. The van der Waals surface area contributed by atoms with E-state index < -0.39 is 5.97 Å². The van der Waals surface area contributed by atoms with E-state index in [1.165, 1.54) is 12.1 Å². The molecule has 1 heterocycles. The molecule has 0 unspecified atom stereocenters. The van der Waals surface area contributed by atoms with Crippen LogP contribution >= 0.6 is 15.9 Å². The van der Waals surface area contributed by atoms with Crippen LogP contribution in [0.4, 0.5) is 4.39 Å². The van der Waals surface area contributed by atoms with Crippen LogP contribution in [0, 0.1) is 11.2 Å². The van der Waals surface area contributed by atoms with Crippen LogP contribution in [0.1, 0.15) is 24.0 Å². The first-order valence-corrected chi connectivity index (χ1v) is 11.4. The first kappa shape index (κ1) is 24.2. The number of halogens is 2. The number of hydrogen-bond donors (Lipinski definition) is 2. The lowest BCUT2D eigenvalue weighted by atomic mass is 9.73. The predicted octanol–water partition coefficient (Wildman–Crippen LogP) is 3.67. The largest absolute Gasteiger partial charge is 0.483 e. The predicted molar refractivity (Wildman–Crippen MR) is 123 cm³/mol. The summed E-state index contributed by atoms with van der Waals surface area (Å²) in [4.78, 5) is 25.7. The van der Waals surface area contributed by atoms with Crippen LogP contribution in [0.5, 0.6) is 5.75 Å². The van der Waals surface area contributed by atoms with Gasteiger partial charge in [-0.05, 0) is 67.6 Å². The van der Waals surface area contributed by atoms with Crippen molar-refractivity contribution >= 4 is 27.8 Å². The summed E-state index contributed by atoms with van der Waals surface area (Å²) in [6.45, 7) is 1.92. The molecule has 1 aliphatic rings. The van der Waals surface area contributed by atoms with Gasteiger partial charge in [0.1, 0.15) is 11.6 Å². The maximum atomic E-state index is 13.3. The smallest absolute Gasteiger partial charge is 0.307 e. The Labute approximate surface area is 195 Å². The fourth-order valence-corrected chi connectivity index (χ4v) is 4.69. The number of ether oxygens (including phenoxy) is 1. The summed E-state index contributed by atoms with van der Waals surface area (Å²) in [5, 5.41) is 12.4. The van der Waals surface area contributed by atoms with Crippen LogP contribution in [-0.2, 0) is 22.4 Å². The van der Waals surface area contributed by atoms with Gasteiger partial charge in [-0.3, -0.25) is 9.59 Å². The molecule has 32 heavy (non-hydrogen) atoms. The molecule has 0 bridgehead atoms. The van der Waals surface area contributed by atoms with Crippen molar-refractivity contribution in [3.8, 4) is 5.75 Å². The highest BCUT2D eigenvalue weighted by atomic mass is 79.9. The Morgan fingerprint density at radius 1 is 1.19 bits per heavy atom. The highest BCUT2D eigenvalue weighted by molar-refractivity contribution is 9.10.